The van der Waals surface area contributed by atoms with Crippen LogP contribution in [0.5, 0.6) is 0 Å². The molecule has 2 heterocycles. The van der Waals surface area contributed by atoms with Gasteiger partial charge in [-0.2, -0.15) is 4.37 Å². The van der Waals surface area contributed by atoms with Gasteiger partial charge in [-0.25, -0.2) is 4.79 Å². The fourth-order valence-electron chi connectivity index (χ4n) is 3.86. The van der Waals surface area contributed by atoms with Gasteiger partial charge in [0.2, 0.25) is 5.78 Å². The van der Waals surface area contributed by atoms with Gasteiger partial charge in [0, 0.05) is 23.8 Å². The Morgan fingerprint density at radius 3 is 2.71 bits per heavy atom. The lowest BCUT2D eigenvalue weighted by Crippen LogP contribution is -2.46. The van der Waals surface area contributed by atoms with Crippen LogP contribution < -0.4 is 10.6 Å². The van der Waals surface area contributed by atoms with Gasteiger partial charge in [0.1, 0.15) is 6.61 Å². The van der Waals surface area contributed by atoms with Crippen LogP contribution in [0.1, 0.15) is 49.2 Å². The van der Waals surface area contributed by atoms with E-state index >= 15 is 0 Å². The summed E-state index contributed by atoms with van der Waals surface area (Å²) in [5.41, 5.74) is 1.70. The zero-order valence-electron chi connectivity index (χ0n) is 19.5. The van der Waals surface area contributed by atoms with Gasteiger partial charge in [-0.1, -0.05) is 44.2 Å². The normalized spacial score (nSPS) is 17.8. The van der Waals surface area contributed by atoms with E-state index in [0.29, 0.717) is 25.8 Å². The summed E-state index contributed by atoms with van der Waals surface area (Å²) >= 11 is 1.43. The second kappa shape index (κ2) is 12.4. The molecule has 0 radical (unpaired) electrons. The molecule has 0 spiro atoms. The molecule has 2 bridgehead atoms. The first-order valence-electron chi connectivity index (χ1n) is 11.6. The lowest BCUT2D eigenvalue weighted by Gasteiger charge is -2.23. The van der Waals surface area contributed by atoms with Crippen LogP contribution in [0.15, 0.2) is 36.4 Å². The van der Waals surface area contributed by atoms with Crippen molar-refractivity contribution in [3.63, 3.8) is 0 Å². The van der Waals surface area contributed by atoms with Crippen molar-refractivity contribution in [3.05, 3.63) is 52.5 Å². The molecule has 0 saturated carbocycles. The van der Waals surface area contributed by atoms with Gasteiger partial charge in [-0.3, -0.25) is 14.4 Å². The van der Waals surface area contributed by atoms with Gasteiger partial charge in [0.25, 0.3) is 5.91 Å². The van der Waals surface area contributed by atoms with Crippen LogP contribution in [0.3, 0.4) is 0 Å². The number of amides is 2. The summed E-state index contributed by atoms with van der Waals surface area (Å²) in [6.45, 7) is 4.10. The molecule has 1 aliphatic rings. The first-order chi connectivity index (χ1) is 16.3. The molecule has 2 aromatic rings. The molecule has 2 unspecified atom stereocenters. The number of hydrogen-bond donors (Lipinski definition) is 2. The van der Waals surface area contributed by atoms with E-state index in [9.17, 15) is 19.2 Å². The Morgan fingerprint density at radius 1 is 1.21 bits per heavy atom. The molecule has 9 heteroatoms. The quantitative estimate of drug-likeness (QED) is 0.582. The smallest absolute Gasteiger partial charge is 0.408 e. The number of aromatic nitrogens is 1. The molecule has 8 nitrogen and oxygen atoms in total. The topological polar surface area (TPSA) is 114 Å². The highest BCUT2D eigenvalue weighted by Gasteiger charge is 2.32. The summed E-state index contributed by atoms with van der Waals surface area (Å²) in [4.78, 5) is 51.9. The molecule has 1 aliphatic heterocycles. The van der Waals surface area contributed by atoms with Crippen LogP contribution in [0.25, 0.3) is 0 Å². The number of aryl methyl sites for hydroxylation is 2. The summed E-state index contributed by atoms with van der Waals surface area (Å²) in [5, 5.41) is 5.30. The molecule has 34 heavy (non-hydrogen) atoms. The van der Waals surface area contributed by atoms with E-state index < -0.39 is 29.7 Å². The highest BCUT2D eigenvalue weighted by Crippen LogP contribution is 2.21. The van der Waals surface area contributed by atoms with Crippen LogP contribution in [0.4, 0.5) is 4.79 Å². The average molecular weight is 486 g/mol. The second-order valence-electron chi connectivity index (χ2n) is 8.84. The number of hydrogen-bond acceptors (Lipinski definition) is 7. The van der Waals surface area contributed by atoms with Gasteiger partial charge in [0.05, 0.1) is 11.7 Å². The first-order valence-corrected chi connectivity index (χ1v) is 12.4. The zero-order valence-corrected chi connectivity index (χ0v) is 20.4. The molecule has 1 aromatic heterocycles. The van der Waals surface area contributed by atoms with Gasteiger partial charge in [0.15, 0.2) is 5.78 Å². The van der Waals surface area contributed by atoms with Gasteiger partial charge >= 0.3 is 6.09 Å². The van der Waals surface area contributed by atoms with Crippen molar-refractivity contribution in [2.45, 2.75) is 58.6 Å². The van der Waals surface area contributed by atoms with Gasteiger partial charge in [-0.05, 0) is 54.8 Å². The number of nitrogens with zero attached hydrogens (tertiary/aromatic N) is 1. The average Bonchev–Trinajstić information content (AvgIpc) is 3.28. The summed E-state index contributed by atoms with van der Waals surface area (Å²) in [6.07, 6.45) is 1.53. The van der Waals surface area contributed by atoms with Gasteiger partial charge < -0.3 is 15.4 Å². The lowest BCUT2D eigenvalue weighted by atomic mass is 9.87. The Kier molecular flexibility index (Phi) is 9.33. The van der Waals surface area contributed by atoms with Gasteiger partial charge in [-0.15, -0.1) is 0 Å². The third-order valence-corrected chi connectivity index (χ3v) is 6.67. The Morgan fingerprint density at radius 2 is 1.97 bits per heavy atom. The standard InChI is InChI=1S/C25H31N3O5S/c1-16(2)22(27-25(32)33-15-17-7-4-3-5-8-17)21(29)13-18-10-11-19-14-20(34-28-19)9-6-12-26-24(31)23(18)30/h3-5,7-8,14,16,18,22H,6,9-13,15H2,1-2H3,(H,26,31)(H,27,32). The van der Waals surface area contributed by atoms with Crippen LogP contribution in [-0.4, -0.2) is 40.5 Å². The number of nitrogens with one attached hydrogen (secondary N) is 2. The monoisotopic (exact) mass is 485 g/mol. The van der Waals surface area contributed by atoms with Crippen molar-refractivity contribution >= 4 is 35.1 Å². The first kappa shape index (κ1) is 25.6. The Balaban J connectivity index is 1.64. The summed E-state index contributed by atoms with van der Waals surface area (Å²) in [6, 6.07) is 10.4. The fourth-order valence-corrected chi connectivity index (χ4v) is 4.66. The third-order valence-electron chi connectivity index (χ3n) is 5.78. The van der Waals surface area contributed by atoms with Crippen molar-refractivity contribution < 1.29 is 23.9 Å². The van der Waals surface area contributed by atoms with Crippen LogP contribution in [0, 0.1) is 11.8 Å². The number of alkyl carbamates (subject to hydrolysis) is 1. The SMILES string of the molecule is CC(C)C(NC(=O)OCc1ccccc1)C(=O)CC1CCc2cc(sn2)CCCNC(=O)C1=O. The zero-order chi connectivity index (χ0) is 24.5. The largest absolute Gasteiger partial charge is 0.445 e. The second-order valence-corrected chi connectivity index (χ2v) is 9.73. The molecule has 2 atom stereocenters. The minimum absolute atomic E-state index is 0.0859. The van der Waals surface area contributed by atoms with Crippen molar-refractivity contribution in [2.75, 3.05) is 6.54 Å². The number of ketones is 2. The van der Waals surface area contributed by atoms with Crippen molar-refractivity contribution in [2.24, 2.45) is 11.8 Å². The molecule has 0 aliphatic carbocycles. The number of fused-ring (bicyclic) bond motifs is 2. The lowest BCUT2D eigenvalue weighted by molar-refractivity contribution is -0.141. The van der Waals surface area contributed by atoms with E-state index in [1.165, 1.54) is 11.5 Å². The minimum Gasteiger partial charge on any atom is -0.445 e. The maximum absolute atomic E-state index is 13.1. The maximum Gasteiger partial charge on any atom is 0.408 e. The van der Waals surface area contributed by atoms with Crippen molar-refractivity contribution in [3.8, 4) is 0 Å². The molecule has 0 fully saturated rings. The van der Waals surface area contributed by atoms with Crippen LogP contribution in [0.2, 0.25) is 0 Å². The molecule has 2 N–H and O–H groups in total. The Bertz CT molecular complexity index is 1000. The highest BCUT2D eigenvalue weighted by molar-refractivity contribution is 7.05. The van der Waals surface area contributed by atoms with Crippen LogP contribution in [-0.2, 0) is 38.6 Å². The number of benzene rings is 1. The van der Waals surface area contributed by atoms with Crippen molar-refractivity contribution in [1.29, 1.82) is 0 Å². The number of carbonyl (C=O) groups excluding carboxylic acids is 4. The van der Waals surface area contributed by atoms with E-state index in [1.54, 1.807) is 0 Å². The summed E-state index contributed by atoms with van der Waals surface area (Å²) in [5.74, 6) is -2.55. The third kappa shape index (κ3) is 7.48. The predicted octanol–water partition coefficient (Wildman–Crippen LogP) is 3.23. The molecular weight excluding hydrogens is 454 g/mol. The van der Waals surface area contributed by atoms with Crippen molar-refractivity contribution in [1.82, 2.24) is 15.0 Å². The molecular formula is C25H31N3O5S. The van der Waals surface area contributed by atoms with E-state index in [1.807, 2.05) is 50.2 Å². The summed E-state index contributed by atoms with van der Waals surface area (Å²) in [7, 11) is 0. The van der Waals surface area contributed by atoms with E-state index in [2.05, 4.69) is 15.0 Å². The van der Waals surface area contributed by atoms with E-state index in [4.69, 9.17) is 4.74 Å². The maximum atomic E-state index is 13.1. The minimum atomic E-state index is -0.827. The molecule has 0 saturated heterocycles. The molecule has 182 valence electrons. The molecule has 3 rings (SSSR count). The predicted molar refractivity (Wildman–Crippen MR) is 128 cm³/mol. The van der Waals surface area contributed by atoms with E-state index in [0.717, 1.165) is 22.6 Å². The molecule has 1 aromatic carbocycles. The Labute approximate surface area is 203 Å². The number of ether oxygens (including phenoxy) is 1. The Hall–Kier alpha value is -3.07. The number of rotatable bonds is 7. The number of carbonyl (C=O) groups is 4. The number of Topliss-reactive ketones (excluding diaryl/α,β-unsaturated/α-hetero) is 2. The fraction of sp³-hybridized carbons (Fsp3) is 0.480. The highest BCUT2D eigenvalue weighted by atomic mass is 32.1. The van der Waals surface area contributed by atoms with Crippen LogP contribution >= 0.6 is 11.5 Å². The molecule has 2 amide bonds. The van der Waals surface area contributed by atoms with E-state index in [-0.39, 0.29) is 24.7 Å². The summed E-state index contributed by atoms with van der Waals surface area (Å²) < 4.78 is 9.69.